The van der Waals surface area contributed by atoms with Gasteiger partial charge in [-0.25, -0.2) is 28.8 Å². The van der Waals surface area contributed by atoms with E-state index in [1.165, 1.54) is 38.5 Å². The number of carbonyl (C=O) groups is 6. The van der Waals surface area contributed by atoms with E-state index in [-0.39, 0.29) is 29.6 Å². The lowest BCUT2D eigenvalue weighted by atomic mass is 9.90. The van der Waals surface area contributed by atoms with Gasteiger partial charge in [-0.05, 0) is 101 Å². The van der Waals surface area contributed by atoms with Gasteiger partial charge in [0.15, 0.2) is 34.6 Å². The van der Waals surface area contributed by atoms with E-state index in [1.807, 2.05) is 48.2 Å². The number of urea groups is 2. The lowest BCUT2D eigenvalue weighted by Gasteiger charge is -2.37. The van der Waals surface area contributed by atoms with Gasteiger partial charge in [0.25, 0.3) is 0 Å². The molecule has 8 rings (SSSR count). The van der Waals surface area contributed by atoms with Gasteiger partial charge >= 0.3 is 35.9 Å². The average Bonchev–Trinajstić information content (AvgIpc) is 3.63. The summed E-state index contributed by atoms with van der Waals surface area (Å²) in [7, 11) is 10.5. The van der Waals surface area contributed by atoms with Crippen molar-refractivity contribution in [1.82, 2.24) is 40.8 Å². The van der Waals surface area contributed by atoms with Crippen LogP contribution in [-0.2, 0) is 19.2 Å². The van der Waals surface area contributed by atoms with E-state index in [4.69, 9.17) is 58.6 Å². The highest BCUT2D eigenvalue weighted by molar-refractivity contribution is 6.27. The van der Waals surface area contributed by atoms with Crippen molar-refractivity contribution in [3.63, 3.8) is 0 Å². The van der Waals surface area contributed by atoms with E-state index >= 15 is 0 Å². The number of ether oxygens (including phenoxy) is 4. The monoisotopic (exact) mass is 1110 g/mol. The van der Waals surface area contributed by atoms with Crippen LogP contribution in [0.3, 0.4) is 0 Å². The summed E-state index contributed by atoms with van der Waals surface area (Å²) in [5, 5.41) is 57.4. The van der Waals surface area contributed by atoms with Crippen LogP contribution in [0.15, 0.2) is 36.7 Å². The van der Waals surface area contributed by atoms with Crippen molar-refractivity contribution >= 4 is 69.1 Å². The highest BCUT2D eigenvalue weighted by Gasteiger charge is 2.31. The van der Waals surface area contributed by atoms with Crippen LogP contribution in [0, 0.1) is 11.8 Å². The van der Waals surface area contributed by atoms with Crippen LogP contribution >= 0.6 is 0 Å². The lowest BCUT2D eigenvalue weighted by molar-refractivity contribution is -0.159. The third kappa shape index (κ3) is 17.7. The molecule has 4 aromatic rings. The Balaban J connectivity index is 0.000000279. The van der Waals surface area contributed by atoms with E-state index < -0.39 is 23.9 Å². The van der Waals surface area contributed by atoms with E-state index in [0.29, 0.717) is 46.9 Å². The topological polar surface area (TPSA) is 340 Å². The molecule has 2 aromatic carbocycles. The first-order valence-corrected chi connectivity index (χ1v) is 26.6. The van der Waals surface area contributed by atoms with Crippen LogP contribution in [0.5, 0.6) is 23.0 Å². The Kier molecular flexibility index (Phi) is 25.1. The van der Waals surface area contributed by atoms with E-state index in [9.17, 15) is 9.59 Å². The molecular formula is C54H80N10O15. The highest BCUT2D eigenvalue weighted by atomic mass is 16.5. The van der Waals surface area contributed by atoms with Gasteiger partial charge in [-0.1, -0.05) is 38.5 Å². The number of nitrogens with zero attached hydrogens (tertiary/aromatic N) is 8. The molecule has 25 nitrogen and oxygen atoms in total. The zero-order valence-electron chi connectivity index (χ0n) is 46.6. The van der Waals surface area contributed by atoms with Gasteiger partial charge in [0.2, 0.25) is 0 Å². The van der Waals surface area contributed by atoms with Crippen LogP contribution < -0.4 is 39.4 Å². The Bertz CT molecular complexity index is 2450. The predicted molar refractivity (Wildman–Crippen MR) is 295 cm³/mol. The second-order valence-corrected chi connectivity index (χ2v) is 20.1. The molecule has 79 heavy (non-hydrogen) atoms. The zero-order valence-corrected chi connectivity index (χ0v) is 46.6. The minimum absolute atomic E-state index is 0. The number of aliphatic carboxylic acids is 4. The van der Waals surface area contributed by atoms with Gasteiger partial charge in [0.1, 0.15) is 0 Å². The number of rotatable bonds is 12. The van der Waals surface area contributed by atoms with Crippen molar-refractivity contribution in [1.29, 1.82) is 0 Å². The van der Waals surface area contributed by atoms with Gasteiger partial charge in [-0.15, -0.1) is 10.2 Å². The number of piperidine rings is 2. The summed E-state index contributed by atoms with van der Waals surface area (Å²) in [6, 6.07) is 9.04. The predicted octanol–water partition coefficient (Wildman–Crippen LogP) is 5.94. The number of nitrogens with one attached hydrogen (secondary N) is 2. The Morgan fingerprint density at radius 2 is 0.797 bits per heavy atom. The van der Waals surface area contributed by atoms with E-state index in [0.717, 1.165) is 111 Å². The van der Waals surface area contributed by atoms with Crippen molar-refractivity contribution in [2.24, 2.45) is 11.8 Å². The fourth-order valence-electron chi connectivity index (χ4n) is 10.6. The van der Waals surface area contributed by atoms with Crippen molar-refractivity contribution in [2.75, 3.05) is 78.5 Å². The normalized spacial score (nSPS) is 16.8. The first kappa shape index (κ1) is 63.8. The van der Waals surface area contributed by atoms with Crippen LogP contribution in [0.25, 0.3) is 21.5 Å². The van der Waals surface area contributed by atoms with Gasteiger partial charge < -0.3 is 75.1 Å². The number of carbonyl (C=O) groups excluding carboxylic acids is 2. The van der Waals surface area contributed by atoms with E-state index in [2.05, 4.69) is 54.7 Å². The minimum atomic E-state index is -1.82. The van der Waals surface area contributed by atoms with Crippen molar-refractivity contribution in [3.8, 4) is 23.0 Å². The highest BCUT2D eigenvalue weighted by Crippen LogP contribution is 2.38. The molecular weight excluding hydrogens is 1030 g/mol. The van der Waals surface area contributed by atoms with Crippen LogP contribution in [0.4, 0.5) is 21.2 Å². The second kappa shape index (κ2) is 31.0. The Morgan fingerprint density at radius 3 is 1.08 bits per heavy atom. The summed E-state index contributed by atoms with van der Waals surface area (Å²) in [5.41, 5.74) is 0. The number of anilines is 2. The molecule has 0 radical (unpaired) electrons. The second-order valence-electron chi connectivity index (χ2n) is 20.1. The average molecular weight is 1110 g/mol. The molecule has 0 bridgehead atoms. The molecule has 2 saturated heterocycles. The number of hydrogen-bond acceptors (Lipinski definition) is 16. The first-order valence-electron chi connectivity index (χ1n) is 26.6. The lowest BCUT2D eigenvalue weighted by Crippen LogP contribution is -2.50. The summed E-state index contributed by atoms with van der Waals surface area (Å²) in [6.07, 6.45) is 19.5. The van der Waals surface area contributed by atoms with Gasteiger partial charge in [0, 0.05) is 86.0 Å². The van der Waals surface area contributed by atoms with Crippen molar-refractivity contribution < 1.29 is 73.6 Å². The van der Waals surface area contributed by atoms with Crippen LogP contribution in [0.1, 0.15) is 104 Å². The summed E-state index contributed by atoms with van der Waals surface area (Å²) in [5.74, 6) is -1.91. The fraction of sp³-hybridized carbons (Fsp3) is 0.593. The molecule has 4 heterocycles. The van der Waals surface area contributed by atoms with Crippen molar-refractivity contribution in [2.45, 2.75) is 128 Å². The summed E-state index contributed by atoms with van der Waals surface area (Å²) in [4.78, 5) is 70.4. The number of carboxylic acid groups (broad SMARTS) is 4. The third-order valence-corrected chi connectivity index (χ3v) is 15.3. The molecule has 2 atom stereocenters. The smallest absolute Gasteiger partial charge is 0.414 e. The summed E-state index contributed by atoms with van der Waals surface area (Å²) >= 11 is 0. The maximum Gasteiger partial charge on any atom is 0.414 e. The molecule has 2 aliphatic carbocycles. The van der Waals surface area contributed by atoms with Gasteiger partial charge in [0.05, 0.1) is 40.8 Å². The molecule has 4 fully saturated rings. The zero-order chi connectivity index (χ0) is 57.1. The number of benzene rings is 2. The number of fused-ring (bicyclic) bond motifs is 2. The van der Waals surface area contributed by atoms with Gasteiger partial charge in [-0.2, -0.15) is 10.2 Å². The quantitative estimate of drug-likeness (QED) is 0.0894. The molecule has 0 spiro atoms. The van der Waals surface area contributed by atoms with Gasteiger partial charge in [-0.3, -0.25) is 0 Å². The SMILES string of the molecule is COc1cc2cnnc(N3CCC(C(C)NC(=O)N(C)C4CCCCC4)CC3)c2cc1OC.COc1cc2cnnc(N3CCC(C(C)NC(=O)N(C)C4CCCCC4)CC3)c2cc1OC.O.O=C(O)C(=O)O.O=C(O)C(=O)O. The number of amides is 4. The standard InChI is InChI=1S/2C25H37N5O3.2C2H2O4.H2O/c2*1-17(27-25(31)29(2)20-8-6-5-7-9-20)18-10-12-30(13-11-18)24-21-15-23(33-4)22(32-3)14-19(21)16-26-28-24;2*3-1(4)2(5)6;/h2*14-18,20H,5-13H2,1-4H3,(H,27,31);2*(H,3,4)(H,5,6);1H2. The maximum absolute atomic E-state index is 12.8. The number of hydrogen-bond donors (Lipinski definition) is 6. The molecule has 2 saturated carbocycles. The number of aromatic nitrogens is 4. The number of methoxy groups -OCH3 is 4. The molecule has 4 amide bonds. The Labute approximate surface area is 460 Å². The molecule has 4 aliphatic rings. The Hall–Kier alpha value is -7.70. The maximum atomic E-state index is 12.8. The molecule has 8 N–H and O–H groups in total. The third-order valence-electron chi connectivity index (χ3n) is 15.3. The molecule has 2 aliphatic heterocycles. The first-order chi connectivity index (χ1) is 37.3. The minimum Gasteiger partial charge on any atom is -0.493 e. The number of carboxylic acids is 4. The molecule has 436 valence electrons. The Morgan fingerprint density at radius 1 is 0.506 bits per heavy atom. The summed E-state index contributed by atoms with van der Waals surface area (Å²) < 4.78 is 21.9. The molecule has 2 aromatic heterocycles. The van der Waals surface area contributed by atoms with Crippen LogP contribution in [-0.4, -0.2) is 185 Å². The van der Waals surface area contributed by atoms with Crippen LogP contribution in [0.2, 0.25) is 0 Å². The molecule has 25 heteroatoms. The largest absolute Gasteiger partial charge is 0.493 e. The molecule has 2 unspecified atom stereocenters. The van der Waals surface area contributed by atoms with Crippen molar-refractivity contribution in [3.05, 3.63) is 36.7 Å². The summed E-state index contributed by atoms with van der Waals surface area (Å²) in [6.45, 7) is 7.80. The fourth-order valence-corrected chi connectivity index (χ4v) is 10.6. The van der Waals surface area contributed by atoms with E-state index in [1.54, 1.807) is 40.8 Å².